The lowest BCUT2D eigenvalue weighted by Crippen LogP contribution is -2.38. The van der Waals surface area contributed by atoms with Gasteiger partial charge >= 0.3 is 0 Å². The molecule has 1 aliphatic rings. The van der Waals surface area contributed by atoms with Crippen molar-refractivity contribution in [1.82, 2.24) is 9.80 Å². The topological polar surface area (TPSA) is 26.7 Å². The number of rotatable bonds is 7. The van der Waals surface area contributed by atoms with E-state index >= 15 is 0 Å². The maximum atomic E-state index is 8.91. The van der Waals surface area contributed by atoms with E-state index in [0.29, 0.717) is 0 Å². The molecule has 1 N–H and O–H groups in total. The quantitative estimate of drug-likeness (QED) is 0.637. The standard InChI is InChI=1S/C12H24N2O/c1-2-6-13(11-12-15)9-10-14-7-4-3-5-8-14/h2,15H,1,3-12H2. The molecule has 1 aliphatic heterocycles. The summed E-state index contributed by atoms with van der Waals surface area (Å²) in [5.74, 6) is 0. The SMILES string of the molecule is C=CCN(CCO)CCN1CCCCC1. The second-order valence-electron chi connectivity index (χ2n) is 4.22. The first-order valence-electron chi connectivity index (χ1n) is 6.03. The van der Waals surface area contributed by atoms with Crippen molar-refractivity contribution in [1.29, 1.82) is 0 Å². The molecule has 0 spiro atoms. The van der Waals surface area contributed by atoms with Crippen LogP contribution in [-0.2, 0) is 0 Å². The first-order valence-corrected chi connectivity index (χ1v) is 6.03. The van der Waals surface area contributed by atoms with Gasteiger partial charge in [0.1, 0.15) is 0 Å². The molecular weight excluding hydrogens is 188 g/mol. The van der Waals surface area contributed by atoms with Gasteiger partial charge in [-0.25, -0.2) is 0 Å². The molecule has 0 radical (unpaired) electrons. The van der Waals surface area contributed by atoms with Crippen molar-refractivity contribution in [3.8, 4) is 0 Å². The Kier molecular flexibility index (Phi) is 6.64. The average molecular weight is 212 g/mol. The molecule has 0 bridgehead atoms. The molecule has 3 heteroatoms. The van der Waals surface area contributed by atoms with Crippen LogP contribution in [-0.4, -0.2) is 60.8 Å². The molecule has 1 heterocycles. The van der Waals surface area contributed by atoms with E-state index < -0.39 is 0 Å². The third kappa shape index (κ3) is 5.30. The van der Waals surface area contributed by atoms with Gasteiger partial charge in [-0.2, -0.15) is 0 Å². The highest BCUT2D eigenvalue weighted by Gasteiger charge is 2.11. The molecule has 1 fully saturated rings. The number of aliphatic hydroxyl groups excluding tert-OH is 1. The van der Waals surface area contributed by atoms with E-state index in [1.165, 1.54) is 32.4 Å². The van der Waals surface area contributed by atoms with E-state index in [9.17, 15) is 0 Å². The highest BCUT2D eigenvalue weighted by Crippen LogP contribution is 2.07. The van der Waals surface area contributed by atoms with Crippen molar-refractivity contribution < 1.29 is 5.11 Å². The van der Waals surface area contributed by atoms with Crippen LogP contribution in [0.25, 0.3) is 0 Å². The predicted molar refractivity (Wildman–Crippen MR) is 64.0 cm³/mol. The van der Waals surface area contributed by atoms with Crippen LogP contribution < -0.4 is 0 Å². The van der Waals surface area contributed by atoms with E-state index in [1.807, 2.05) is 6.08 Å². The van der Waals surface area contributed by atoms with Crippen LogP contribution in [0.15, 0.2) is 12.7 Å². The van der Waals surface area contributed by atoms with Crippen LogP contribution in [0.1, 0.15) is 19.3 Å². The van der Waals surface area contributed by atoms with Crippen LogP contribution in [0.2, 0.25) is 0 Å². The minimum absolute atomic E-state index is 0.244. The fraction of sp³-hybridized carbons (Fsp3) is 0.833. The third-order valence-electron chi connectivity index (χ3n) is 2.98. The molecule has 0 aromatic carbocycles. The van der Waals surface area contributed by atoms with Crippen LogP contribution >= 0.6 is 0 Å². The van der Waals surface area contributed by atoms with E-state index in [0.717, 1.165) is 26.2 Å². The summed E-state index contributed by atoms with van der Waals surface area (Å²) in [6.45, 7) is 10.3. The first-order chi connectivity index (χ1) is 7.36. The second-order valence-corrected chi connectivity index (χ2v) is 4.22. The van der Waals surface area contributed by atoms with Gasteiger partial charge in [0.25, 0.3) is 0 Å². The largest absolute Gasteiger partial charge is 0.395 e. The van der Waals surface area contributed by atoms with E-state index in [-0.39, 0.29) is 6.61 Å². The molecule has 0 amide bonds. The van der Waals surface area contributed by atoms with Crippen molar-refractivity contribution in [3.05, 3.63) is 12.7 Å². The highest BCUT2D eigenvalue weighted by molar-refractivity contribution is 4.75. The minimum Gasteiger partial charge on any atom is -0.395 e. The predicted octanol–water partition coefficient (Wildman–Crippen LogP) is 0.953. The van der Waals surface area contributed by atoms with E-state index in [2.05, 4.69) is 16.4 Å². The van der Waals surface area contributed by atoms with Gasteiger partial charge in [-0.3, -0.25) is 4.90 Å². The summed E-state index contributed by atoms with van der Waals surface area (Å²) >= 11 is 0. The summed E-state index contributed by atoms with van der Waals surface area (Å²) in [4.78, 5) is 4.78. The molecule has 3 nitrogen and oxygen atoms in total. The van der Waals surface area contributed by atoms with Crippen LogP contribution in [0.4, 0.5) is 0 Å². The molecule has 0 aliphatic carbocycles. The van der Waals surface area contributed by atoms with Gasteiger partial charge < -0.3 is 10.0 Å². The van der Waals surface area contributed by atoms with E-state index in [1.54, 1.807) is 0 Å². The normalized spacial score (nSPS) is 18.3. The van der Waals surface area contributed by atoms with Crippen molar-refractivity contribution in [2.45, 2.75) is 19.3 Å². The van der Waals surface area contributed by atoms with Crippen LogP contribution in [0, 0.1) is 0 Å². The zero-order chi connectivity index (χ0) is 10.9. The Balaban J connectivity index is 2.16. The van der Waals surface area contributed by atoms with Crippen molar-refractivity contribution >= 4 is 0 Å². The molecule has 88 valence electrons. The fourth-order valence-corrected chi connectivity index (χ4v) is 2.08. The third-order valence-corrected chi connectivity index (χ3v) is 2.98. The Hall–Kier alpha value is -0.380. The van der Waals surface area contributed by atoms with Crippen molar-refractivity contribution in [3.63, 3.8) is 0 Å². The summed E-state index contributed by atoms with van der Waals surface area (Å²) in [5.41, 5.74) is 0. The number of piperidine rings is 1. The maximum Gasteiger partial charge on any atom is 0.0558 e. The van der Waals surface area contributed by atoms with Crippen LogP contribution in [0.5, 0.6) is 0 Å². The molecular formula is C12H24N2O. The molecule has 0 atom stereocenters. The number of hydrogen-bond acceptors (Lipinski definition) is 3. The summed E-state index contributed by atoms with van der Waals surface area (Å²) in [6.07, 6.45) is 6.00. The molecule has 0 unspecified atom stereocenters. The Morgan fingerprint density at radius 1 is 1.20 bits per heavy atom. The fourth-order valence-electron chi connectivity index (χ4n) is 2.08. The molecule has 15 heavy (non-hydrogen) atoms. The Morgan fingerprint density at radius 2 is 1.93 bits per heavy atom. The number of hydrogen-bond donors (Lipinski definition) is 1. The Bertz CT molecular complexity index is 167. The second kappa shape index (κ2) is 7.85. The zero-order valence-corrected chi connectivity index (χ0v) is 9.70. The zero-order valence-electron chi connectivity index (χ0n) is 9.70. The van der Waals surface area contributed by atoms with Gasteiger partial charge in [-0.1, -0.05) is 12.5 Å². The first kappa shape index (κ1) is 12.7. The van der Waals surface area contributed by atoms with Gasteiger partial charge in [0.15, 0.2) is 0 Å². The Labute approximate surface area is 93.4 Å². The van der Waals surface area contributed by atoms with E-state index in [4.69, 9.17) is 5.11 Å². The highest BCUT2D eigenvalue weighted by atomic mass is 16.3. The molecule has 1 rings (SSSR count). The number of likely N-dealkylation sites (tertiary alicyclic amines) is 1. The molecule has 1 saturated heterocycles. The average Bonchev–Trinajstić information content (AvgIpc) is 2.28. The molecule has 0 aromatic rings. The number of nitrogens with zero attached hydrogens (tertiary/aromatic N) is 2. The lowest BCUT2D eigenvalue weighted by atomic mass is 10.1. The lowest BCUT2D eigenvalue weighted by Gasteiger charge is -2.29. The number of aliphatic hydroxyl groups is 1. The van der Waals surface area contributed by atoms with Crippen molar-refractivity contribution in [2.75, 3.05) is 45.9 Å². The monoisotopic (exact) mass is 212 g/mol. The Morgan fingerprint density at radius 3 is 2.53 bits per heavy atom. The van der Waals surface area contributed by atoms with Gasteiger partial charge in [0.05, 0.1) is 6.61 Å². The van der Waals surface area contributed by atoms with Gasteiger partial charge in [-0.15, -0.1) is 6.58 Å². The van der Waals surface area contributed by atoms with Gasteiger partial charge in [0, 0.05) is 26.2 Å². The lowest BCUT2D eigenvalue weighted by molar-refractivity contribution is 0.166. The minimum atomic E-state index is 0.244. The smallest absolute Gasteiger partial charge is 0.0558 e. The van der Waals surface area contributed by atoms with Crippen molar-refractivity contribution in [2.24, 2.45) is 0 Å². The summed E-state index contributed by atoms with van der Waals surface area (Å²) in [7, 11) is 0. The summed E-state index contributed by atoms with van der Waals surface area (Å²) in [5, 5.41) is 8.91. The van der Waals surface area contributed by atoms with Gasteiger partial charge in [-0.05, 0) is 25.9 Å². The van der Waals surface area contributed by atoms with Gasteiger partial charge in [0.2, 0.25) is 0 Å². The van der Waals surface area contributed by atoms with Crippen LogP contribution in [0.3, 0.4) is 0 Å². The molecule has 0 aromatic heterocycles. The summed E-state index contributed by atoms with van der Waals surface area (Å²) < 4.78 is 0. The molecule has 0 saturated carbocycles. The maximum absolute atomic E-state index is 8.91. The summed E-state index contributed by atoms with van der Waals surface area (Å²) in [6, 6.07) is 0.